The summed E-state index contributed by atoms with van der Waals surface area (Å²) in [5.41, 5.74) is 1.15. The molecule has 1 aromatic carbocycles. The molecule has 1 aliphatic rings. The van der Waals surface area contributed by atoms with Gasteiger partial charge in [0.05, 0.1) is 6.54 Å². The zero-order chi connectivity index (χ0) is 18.9. The van der Waals surface area contributed by atoms with Crippen molar-refractivity contribution in [3.05, 3.63) is 42.0 Å². The van der Waals surface area contributed by atoms with Gasteiger partial charge in [0, 0.05) is 45.4 Å². The Morgan fingerprint density at radius 3 is 2.86 bits per heavy atom. The maximum atomic E-state index is 5.12. The Bertz CT molecular complexity index is 735. The van der Waals surface area contributed by atoms with Gasteiger partial charge in [0.15, 0.2) is 11.8 Å². The predicted octanol–water partition coefficient (Wildman–Crippen LogP) is 2.02. The second-order valence-corrected chi connectivity index (χ2v) is 6.58. The Labute approximate surface area is 183 Å². The molecule has 1 atom stereocenters. The first-order chi connectivity index (χ1) is 13.3. The van der Waals surface area contributed by atoms with Crippen molar-refractivity contribution in [3.63, 3.8) is 0 Å². The van der Waals surface area contributed by atoms with Crippen LogP contribution in [0.15, 0.2) is 35.3 Å². The smallest absolute Gasteiger partial charge is 0.191 e. The maximum absolute atomic E-state index is 5.12. The number of halogens is 1. The predicted molar refractivity (Wildman–Crippen MR) is 122 cm³/mol. The van der Waals surface area contributed by atoms with Gasteiger partial charge in [-0.05, 0) is 25.0 Å². The van der Waals surface area contributed by atoms with E-state index < -0.39 is 0 Å². The minimum absolute atomic E-state index is 0. The highest BCUT2D eigenvalue weighted by Crippen LogP contribution is 2.13. The molecule has 1 unspecified atom stereocenters. The number of benzene rings is 1. The molecule has 0 saturated heterocycles. The summed E-state index contributed by atoms with van der Waals surface area (Å²) in [6.07, 6.45) is 2.93. The lowest BCUT2D eigenvalue weighted by molar-refractivity contribution is 0.177. The first kappa shape index (κ1) is 22.4. The van der Waals surface area contributed by atoms with E-state index in [9.17, 15) is 0 Å². The first-order valence-corrected chi connectivity index (χ1v) is 9.46. The van der Waals surface area contributed by atoms with Gasteiger partial charge in [0.1, 0.15) is 12.4 Å². The number of ether oxygens (including phenoxy) is 1. The van der Waals surface area contributed by atoms with Gasteiger partial charge in [-0.1, -0.05) is 18.2 Å². The number of anilines is 1. The second kappa shape index (κ2) is 11.8. The van der Waals surface area contributed by atoms with Gasteiger partial charge in [0.25, 0.3) is 0 Å². The van der Waals surface area contributed by atoms with Crippen LogP contribution in [-0.2, 0) is 24.3 Å². The van der Waals surface area contributed by atoms with E-state index in [4.69, 9.17) is 4.74 Å². The first-order valence-electron chi connectivity index (χ1n) is 9.46. The molecule has 8 nitrogen and oxygen atoms in total. The van der Waals surface area contributed by atoms with Crippen LogP contribution in [0.4, 0.5) is 5.69 Å². The summed E-state index contributed by atoms with van der Waals surface area (Å²) in [5, 5.41) is 14.8. The normalized spacial score (nSPS) is 16.1. The number of aliphatic imine (C=N–C) groups is 1. The van der Waals surface area contributed by atoms with Gasteiger partial charge in [-0.3, -0.25) is 4.99 Å². The molecule has 1 aliphatic heterocycles. The quantitative estimate of drug-likeness (QED) is 0.223. The van der Waals surface area contributed by atoms with Crippen LogP contribution in [0.2, 0.25) is 0 Å². The summed E-state index contributed by atoms with van der Waals surface area (Å²) < 4.78 is 7.10. The highest BCUT2D eigenvalue weighted by molar-refractivity contribution is 14.0. The van der Waals surface area contributed by atoms with Gasteiger partial charge in [-0.2, -0.15) is 5.10 Å². The van der Waals surface area contributed by atoms with Crippen molar-refractivity contribution in [2.24, 2.45) is 4.99 Å². The molecule has 28 heavy (non-hydrogen) atoms. The number of rotatable bonds is 8. The maximum Gasteiger partial charge on any atom is 0.191 e. The molecular weight excluding hydrogens is 469 g/mol. The monoisotopic (exact) mass is 499 g/mol. The molecule has 1 aromatic heterocycles. The summed E-state index contributed by atoms with van der Waals surface area (Å²) in [5.74, 6) is 2.62. The van der Waals surface area contributed by atoms with Crippen molar-refractivity contribution in [2.45, 2.75) is 38.5 Å². The zero-order valence-corrected chi connectivity index (χ0v) is 18.8. The van der Waals surface area contributed by atoms with Gasteiger partial charge in [-0.25, -0.2) is 9.67 Å². The average Bonchev–Trinajstić information content (AvgIpc) is 3.09. The van der Waals surface area contributed by atoms with E-state index in [1.165, 1.54) is 0 Å². The third-order valence-corrected chi connectivity index (χ3v) is 4.49. The Balaban J connectivity index is 0.00000280. The lowest BCUT2D eigenvalue weighted by atomic mass is 10.1. The van der Waals surface area contributed by atoms with Crippen molar-refractivity contribution in [1.82, 2.24) is 25.4 Å². The number of methoxy groups -OCH3 is 1. The highest BCUT2D eigenvalue weighted by atomic mass is 127. The SMILES string of the molecule is CN=C(NCCCNc1ccccc1)NC1CCc2nc(COC)nn2C1.I. The third kappa shape index (κ3) is 6.62. The lowest BCUT2D eigenvalue weighted by Crippen LogP contribution is -2.47. The van der Waals surface area contributed by atoms with Gasteiger partial charge < -0.3 is 20.7 Å². The number of nitrogens with zero attached hydrogens (tertiary/aromatic N) is 4. The van der Waals surface area contributed by atoms with Crippen LogP contribution in [0.5, 0.6) is 0 Å². The van der Waals surface area contributed by atoms with Gasteiger partial charge in [-0.15, -0.1) is 24.0 Å². The van der Waals surface area contributed by atoms with Crippen LogP contribution < -0.4 is 16.0 Å². The molecule has 3 rings (SSSR count). The minimum atomic E-state index is 0. The largest absolute Gasteiger partial charge is 0.385 e. The van der Waals surface area contributed by atoms with Crippen LogP contribution in [-0.4, -0.2) is 54.0 Å². The summed E-state index contributed by atoms with van der Waals surface area (Å²) >= 11 is 0. The molecule has 9 heteroatoms. The van der Waals surface area contributed by atoms with E-state index in [1.807, 2.05) is 22.9 Å². The number of aryl methyl sites for hydroxylation is 1. The number of hydrogen-bond acceptors (Lipinski definition) is 5. The molecule has 154 valence electrons. The molecule has 0 fully saturated rings. The number of para-hydroxylation sites is 1. The summed E-state index contributed by atoms with van der Waals surface area (Å²) in [6, 6.07) is 10.5. The van der Waals surface area contributed by atoms with E-state index in [0.29, 0.717) is 12.6 Å². The van der Waals surface area contributed by atoms with E-state index >= 15 is 0 Å². The standard InChI is InChI=1S/C19H29N7O.HI/c1-20-19(22-12-6-11-21-15-7-4-3-5-8-15)23-16-9-10-18-24-17(14-27-2)25-26(18)13-16;/h3-5,7-8,16,21H,6,9-14H2,1-2H3,(H2,20,22,23);1H. The number of fused-ring (bicyclic) bond motifs is 1. The Kier molecular flexibility index (Phi) is 9.48. The van der Waals surface area contributed by atoms with Crippen molar-refractivity contribution < 1.29 is 4.74 Å². The van der Waals surface area contributed by atoms with E-state index in [-0.39, 0.29) is 24.0 Å². The molecule has 2 aromatic rings. The van der Waals surface area contributed by atoms with Crippen molar-refractivity contribution in [1.29, 1.82) is 0 Å². The molecule has 3 N–H and O–H groups in total. The van der Waals surface area contributed by atoms with Crippen LogP contribution >= 0.6 is 24.0 Å². The van der Waals surface area contributed by atoms with E-state index in [1.54, 1.807) is 14.2 Å². The van der Waals surface area contributed by atoms with Crippen LogP contribution in [0, 0.1) is 0 Å². The Morgan fingerprint density at radius 2 is 2.11 bits per heavy atom. The van der Waals surface area contributed by atoms with Crippen molar-refractivity contribution in [3.8, 4) is 0 Å². The molecule has 0 aliphatic carbocycles. The molecule has 0 spiro atoms. The van der Waals surface area contributed by atoms with E-state index in [0.717, 1.165) is 62.2 Å². The molecule has 0 bridgehead atoms. The van der Waals surface area contributed by atoms with Crippen LogP contribution in [0.3, 0.4) is 0 Å². The molecular formula is C19H30IN7O. The van der Waals surface area contributed by atoms with Crippen molar-refractivity contribution in [2.75, 3.05) is 32.6 Å². The number of guanidine groups is 1. The fourth-order valence-electron chi connectivity index (χ4n) is 3.14. The Morgan fingerprint density at radius 1 is 1.29 bits per heavy atom. The Hall–Kier alpha value is -1.88. The average molecular weight is 499 g/mol. The highest BCUT2D eigenvalue weighted by Gasteiger charge is 2.22. The topological polar surface area (TPSA) is 88.4 Å². The summed E-state index contributed by atoms with van der Waals surface area (Å²) in [7, 11) is 3.47. The van der Waals surface area contributed by atoms with Gasteiger partial charge >= 0.3 is 0 Å². The van der Waals surface area contributed by atoms with Crippen LogP contribution in [0.25, 0.3) is 0 Å². The van der Waals surface area contributed by atoms with Crippen LogP contribution in [0.1, 0.15) is 24.5 Å². The minimum Gasteiger partial charge on any atom is -0.385 e. The third-order valence-electron chi connectivity index (χ3n) is 4.49. The fraction of sp³-hybridized carbons (Fsp3) is 0.526. The number of nitrogens with one attached hydrogen (secondary N) is 3. The van der Waals surface area contributed by atoms with E-state index in [2.05, 4.69) is 43.2 Å². The molecule has 0 radical (unpaired) electrons. The number of aromatic nitrogens is 3. The summed E-state index contributed by atoms with van der Waals surface area (Å²) in [4.78, 5) is 8.85. The fourth-order valence-corrected chi connectivity index (χ4v) is 3.14. The summed E-state index contributed by atoms with van der Waals surface area (Å²) in [6.45, 7) is 3.03. The molecule has 2 heterocycles. The zero-order valence-electron chi connectivity index (χ0n) is 16.5. The molecule has 0 amide bonds. The molecule has 0 saturated carbocycles. The van der Waals surface area contributed by atoms with Crippen molar-refractivity contribution >= 4 is 35.6 Å². The van der Waals surface area contributed by atoms with Gasteiger partial charge in [0.2, 0.25) is 0 Å². The second-order valence-electron chi connectivity index (χ2n) is 6.58. The number of hydrogen-bond donors (Lipinski definition) is 3. The lowest BCUT2D eigenvalue weighted by Gasteiger charge is -2.25.